The van der Waals surface area contributed by atoms with E-state index in [9.17, 15) is 13.6 Å². The van der Waals surface area contributed by atoms with Gasteiger partial charge < -0.3 is 10.1 Å². The molecule has 168 valence electrons. The van der Waals surface area contributed by atoms with E-state index in [2.05, 4.69) is 22.1 Å². The van der Waals surface area contributed by atoms with Crippen LogP contribution in [0.2, 0.25) is 0 Å². The van der Waals surface area contributed by atoms with Gasteiger partial charge in [0.25, 0.3) is 0 Å². The third-order valence-electron chi connectivity index (χ3n) is 5.17. The van der Waals surface area contributed by atoms with Crippen molar-refractivity contribution >= 4 is 17.7 Å². The van der Waals surface area contributed by atoms with Gasteiger partial charge in [-0.05, 0) is 31.9 Å². The Morgan fingerprint density at radius 1 is 1.32 bits per heavy atom. The number of aromatic nitrogens is 3. The fourth-order valence-electron chi connectivity index (χ4n) is 3.65. The lowest BCUT2D eigenvalue weighted by molar-refractivity contribution is -0.119. The first-order valence-corrected chi connectivity index (χ1v) is 11.5. The zero-order valence-electron chi connectivity index (χ0n) is 17.7. The van der Waals surface area contributed by atoms with Crippen molar-refractivity contribution in [1.82, 2.24) is 20.1 Å². The van der Waals surface area contributed by atoms with Gasteiger partial charge in [-0.1, -0.05) is 43.5 Å². The van der Waals surface area contributed by atoms with E-state index in [0.29, 0.717) is 17.5 Å². The third-order valence-corrected chi connectivity index (χ3v) is 6.14. The fourth-order valence-corrected chi connectivity index (χ4v) is 4.41. The third kappa shape index (κ3) is 6.53. The number of thioether (sulfide) groups is 1. The first-order valence-electron chi connectivity index (χ1n) is 10.6. The van der Waals surface area contributed by atoms with Crippen LogP contribution in [0.25, 0.3) is 0 Å². The topological polar surface area (TPSA) is 69.0 Å². The first-order chi connectivity index (χ1) is 15.0. The average Bonchev–Trinajstić information content (AvgIpc) is 2.95. The molecule has 6 nitrogen and oxygen atoms in total. The number of hydrogen-bond donors (Lipinski definition) is 1. The number of ether oxygens (including phenoxy) is 1. The lowest BCUT2D eigenvalue weighted by Crippen LogP contribution is -2.35. The van der Waals surface area contributed by atoms with Crippen molar-refractivity contribution in [2.45, 2.75) is 69.3 Å². The Labute approximate surface area is 185 Å². The number of rotatable bonds is 9. The van der Waals surface area contributed by atoms with Crippen molar-refractivity contribution in [2.75, 3.05) is 5.75 Å². The van der Waals surface area contributed by atoms with Crippen LogP contribution in [0.4, 0.5) is 8.78 Å². The van der Waals surface area contributed by atoms with Crippen LogP contribution in [-0.2, 0) is 11.3 Å². The Hall–Kier alpha value is -2.42. The molecule has 2 aromatic rings. The van der Waals surface area contributed by atoms with E-state index >= 15 is 0 Å². The number of amides is 1. The normalized spacial score (nSPS) is 15.8. The number of halogens is 2. The molecule has 0 spiro atoms. The van der Waals surface area contributed by atoms with E-state index in [0.717, 1.165) is 37.8 Å². The molecule has 1 aliphatic carbocycles. The molecule has 31 heavy (non-hydrogen) atoms. The van der Waals surface area contributed by atoms with E-state index in [1.807, 2.05) is 0 Å². The molecule has 1 aliphatic rings. The van der Waals surface area contributed by atoms with Gasteiger partial charge in [-0.3, -0.25) is 9.36 Å². The maximum atomic E-state index is 13.9. The molecule has 3 rings (SSSR count). The minimum Gasteiger partial charge on any atom is -0.480 e. The Bertz CT molecular complexity index is 898. The van der Waals surface area contributed by atoms with Crippen LogP contribution >= 0.6 is 11.8 Å². The Kier molecular flexibility index (Phi) is 8.45. The average molecular weight is 451 g/mol. The van der Waals surface area contributed by atoms with Crippen LogP contribution in [-0.4, -0.2) is 32.5 Å². The van der Waals surface area contributed by atoms with Gasteiger partial charge in [-0.2, -0.15) is 0 Å². The van der Waals surface area contributed by atoms with Crippen molar-refractivity contribution in [3.63, 3.8) is 0 Å². The number of carbonyl (C=O) groups excluding carboxylic acids is 1. The highest BCUT2D eigenvalue weighted by Gasteiger charge is 2.21. The van der Waals surface area contributed by atoms with Crippen LogP contribution in [0.1, 0.15) is 57.4 Å². The van der Waals surface area contributed by atoms with Gasteiger partial charge in [-0.25, -0.2) is 8.78 Å². The second kappa shape index (κ2) is 11.3. The summed E-state index contributed by atoms with van der Waals surface area (Å²) in [5.74, 6) is -0.855. The summed E-state index contributed by atoms with van der Waals surface area (Å²) in [5.41, 5.74) is 0. The maximum absolute atomic E-state index is 13.9. The Balaban J connectivity index is 1.63. The highest BCUT2D eigenvalue weighted by molar-refractivity contribution is 7.99. The van der Waals surface area contributed by atoms with Crippen molar-refractivity contribution in [3.8, 4) is 5.75 Å². The van der Waals surface area contributed by atoms with Crippen LogP contribution < -0.4 is 10.1 Å². The Morgan fingerprint density at radius 3 is 2.74 bits per heavy atom. The summed E-state index contributed by atoms with van der Waals surface area (Å²) >= 11 is 1.29. The molecular formula is C22H28F2N4O2S. The molecule has 1 aromatic heterocycles. The molecule has 1 heterocycles. The molecular weight excluding hydrogens is 422 g/mol. The monoisotopic (exact) mass is 450 g/mol. The molecule has 1 aromatic carbocycles. The van der Waals surface area contributed by atoms with Crippen LogP contribution in [0, 0.1) is 11.6 Å². The number of nitrogens with zero attached hydrogens (tertiary/aromatic N) is 3. The second-order valence-corrected chi connectivity index (χ2v) is 8.56. The predicted octanol–water partition coefficient (Wildman–Crippen LogP) is 4.81. The van der Waals surface area contributed by atoms with Crippen molar-refractivity contribution in [1.29, 1.82) is 0 Å². The molecule has 0 bridgehead atoms. The van der Waals surface area contributed by atoms with E-state index in [1.165, 1.54) is 30.7 Å². The van der Waals surface area contributed by atoms with Gasteiger partial charge in [0.2, 0.25) is 5.91 Å². The van der Waals surface area contributed by atoms with Crippen LogP contribution in [0.3, 0.4) is 0 Å². The molecule has 1 saturated carbocycles. The lowest BCUT2D eigenvalue weighted by Gasteiger charge is -2.17. The molecule has 1 N–H and O–H groups in total. The van der Waals surface area contributed by atoms with Crippen LogP contribution in [0.15, 0.2) is 36.0 Å². The zero-order valence-corrected chi connectivity index (χ0v) is 18.5. The highest BCUT2D eigenvalue weighted by atomic mass is 32.2. The molecule has 0 radical (unpaired) electrons. The standard InChI is InChI=1S/C22H28F2N4O2S/c1-3-12-28-21(15(2)30-19-11-10-16(23)13-18(19)24)26-27-22(28)31-14-20(29)25-17-8-6-4-5-7-9-17/h3,10-11,13,15,17H,1,4-9,12,14H2,2H3,(H,25,29). The molecule has 1 unspecified atom stereocenters. The number of nitrogens with one attached hydrogen (secondary N) is 1. The number of carbonyl (C=O) groups is 1. The van der Waals surface area contributed by atoms with E-state index in [1.54, 1.807) is 17.6 Å². The SMILES string of the molecule is C=CCn1c(SCC(=O)NC2CCCCCC2)nnc1C(C)Oc1ccc(F)cc1F. The van der Waals surface area contributed by atoms with Gasteiger partial charge in [-0.15, -0.1) is 16.8 Å². The molecule has 1 amide bonds. The summed E-state index contributed by atoms with van der Waals surface area (Å²) in [4.78, 5) is 12.4. The van der Waals surface area contributed by atoms with Crippen LogP contribution in [0.5, 0.6) is 5.75 Å². The molecule has 0 aliphatic heterocycles. The minimum absolute atomic E-state index is 0.0238. The lowest BCUT2D eigenvalue weighted by atomic mass is 10.1. The van der Waals surface area contributed by atoms with Crippen molar-refractivity contribution < 1.29 is 18.3 Å². The van der Waals surface area contributed by atoms with Gasteiger partial charge in [0.1, 0.15) is 5.82 Å². The summed E-state index contributed by atoms with van der Waals surface area (Å²) in [6, 6.07) is 3.39. The molecule has 9 heteroatoms. The quantitative estimate of drug-likeness (QED) is 0.337. The summed E-state index contributed by atoms with van der Waals surface area (Å²) in [6.45, 7) is 5.88. The Morgan fingerprint density at radius 2 is 2.06 bits per heavy atom. The molecule has 1 atom stereocenters. The maximum Gasteiger partial charge on any atom is 0.230 e. The summed E-state index contributed by atoms with van der Waals surface area (Å²) < 4.78 is 34.5. The summed E-state index contributed by atoms with van der Waals surface area (Å²) in [7, 11) is 0. The summed E-state index contributed by atoms with van der Waals surface area (Å²) in [5, 5.41) is 12.0. The molecule has 0 saturated heterocycles. The van der Waals surface area contributed by atoms with E-state index < -0.39 is 17.7 Å². The van der Waals surface area contributed by atoms with Crippen molar-refractivity contribution in [2.24, 2.45) is 0 Å². The minimum atomic E-state index is -0.786. The zero-order chi connectivity index (χ0) is 22.2. The first kappa shape index (κ1) is 23.2. The fraction of sp³-hybridized carbons (Fsp3) is 0.500. The van der Waals surface area contributed by atoms with Gasteiger partial charge in [0.15, 0.2) is 28.7 Å². The largest absolute Gasteiger partial charge is 0.480 e. The van der Waals surface area contributed by atoms with Gasteiger partial charge in [0, 0.05) is 18.7 Å². The number of hydrogen-bond acceptors (Lipinski definition) is 5. The van der Waals surface area contributed by atoms with Gasteiger partial charge in [0.05, 0.1) is 5.75 Å². The summed E-state index contributed by atoms with van der Waals surface area (Å²) in [6.07, 6.45) is 7.88. The van der Waals surface area contributed by atoms with E-state index in [-0.39, 0.29) is 23.5 Å². The highest BCUT2D eigenvalue weighted by Crippen LogP contribution is 2.27. The van der Waals surface area contributed by atoms with Crippen molar-refractivity contribution in [3.05, 3.63) is 48.3 Å². The van der Waals surface area contributed by atoms with Gasteiger partial charge >= 0.3 is 0 Å². The number of benzene rings is 1. The second-order valence-electron chi connectivity index (χ2n) is 7.62. The smallest absolute Gasteiger partial charge is 0.230 e. The van der Waals surface area contributed by atoms with E-state index in [4.69, 9.17) is 4.74 Å². The predicted molar refractivity (Wildman–Crippen MR) is 116 cm³/mol. The molecule has 1 fully saturated rings. The number of allylic oxidation sites excluding steroid dienone is 1.